The van der Waals surface area contributed by atoms with Gasteiger partial charge in [-0.1, -0.05) is 41.7 Å². The van der Waals surface area contributed by atoms with E-state index < -0.39 is 0 Å². The van der Waals surface area contributed by atoms with Crippen molar-refractivity contribution in [1.29, 1.82) is 0 Å². The van der Waals surface area contributed by atoms with Crippen LogP contribution in [-0.4, -0.2) is 28.6 Å². The molecule has 0 radical (unpaired) electrons. The van der Waals surface area contributed by atoms with Gasteiger partial charge in [0, 0.05) is 29.8 Å². The molecule has 2 amide bonds. The smallest absolute Gasteiger partial charge is 0.257 e. The molecule has 0 bridgehead atoms. The molecule has 27 heavy (non-hydrogen) atoms. The highest BCUT2D eigenvalue weighted by Gasteiger charge is 2.20. The van der Waals surface area contributed by atoms with Gasteiger partial charge in [0.25, 0.3) is 5.91 Å². The highest BCUT2D eigenvalue weighted by Crippen LogP contribution is 2.26. The van der Waals surface area contributed by atoms with Crippen LogP contribution in [0.1, 0.15) is 29.6 Å². The Morgan fingerprint density at radius 3 is 2.52 bits per heavy atom. The van der Waals surface area contributed by atoms with E-state index in [0.29, 0.717) is 17.1 Å². The molecule has 0 atom stereocenters. The number of hydrogen-bond acceptors (Lipinski definition) is 5. The number of anilines is 2. The molecule has 4 rings (SSSR count). The zero-order chi connectivity index (χ0) is 18.6. The maximum atomic E-state index is 12.5. The molecule has 0 aliphatic carbocycles. The van der Waals surface area contributed by atoms with Crippen LogP contribution < -0.4 is 10.2 Å². The number of aromatic nitrogens is 2. The summed E-state index contributed by atoms with van der Waals surface area (Å²) >= 11 is 1.33. The summed E-state index contributed by atoms with van der Waals surface area (Å²) in [6.07, 6.45) is 2.54. The van der Waals surface area contributed by atoms with Crippen LogP contribution in [0, 0.1) is 0 Å². The standard InChI is InChI=1S/C20H18N4O2S/c25-17-8-4-5-13-24(17)16-11-9-14(10-12-16)18(26)21-20-23-22-19(27-20)15-6-2-1-3-7-15/h1-3,6-7,9-12H,4-5,8,13H2,(H,21,23,26). The molecule has 1 aliphatic rings. The van der Waals surface area contributed by atoms with Gasteiger partial charge in [-0.25, -0.2) is 0 Å². The van der Waals surface area contributed by atoms with E-state index in [0.717, 1.165) is 35.6 Å². The number of nitrogens with zero attached hydrogens (tertiary/aromatic N) is 3. The van der Waals surface area contributed by atoms with Gasteiger partial charge in [0.2, 0.25) is 11.0 Å². The number of amides is 2. The lowest BCUT2D eigenvalue weighted by Gasteiger charge is -2.26. The second kappa shape index (κ2) is 7.67. The maximum absolute atomic E-state index is 12.5. The van der Waals surface area contributed by atoms with Gasteiger partial charge in [-0.15, -0.1) is 10.2 Å². The van der Waals surface area contributed by atoms with Gasteiger partial charge in [0.15, 0.2) is 0 Å². The van der Waals surface area contributed by atoms with Gasteiger partial charge in [-0.2, -0.15) is 0 Å². The number of rotatable bonds is 4. The predicted octanol–water partition coefficient (Wildman–Crippen LogP) is 3.97. The molecule has 6 nitrogen and oxygen atoms in total. The van der Waals surface area contributed by atoms with Crippen molar-refractivity contribution in [3.8, 4) is 10.6 Å². The Morgan fingerprint density at radius 1 is 1.00 bits per heavy atom. The summed E-state index contributed by atoms with van der Waals surface area (Å²) < 4.78 is 0. The summed E-state index contributed by atoms with van der Waals surface area (Å²) in [6.45, 7) is 0.734. The first-order valence-electron chi connectivity index (χ1n) is 8.81. The van der Waals surface area contributed by atoms with Gasteiger partial charge < -0.3 is 4.90 Å². The minimum absolute atomic E-state index is 0.140. The van der Waals surface area contributed by atoms with Crippen molar-refractivity contribution in [2.24, 2.45) is 0 Å². The van der Waals surface area contributed by atoms with Crippen molar-refractivity contribution in [2.75, 3.05) is 16.8 Å². The van der Waals surface area contributed by atoms with E-state index in [4.69, 9.17) is 0 Å². The SMILES string of the molecule is O=C(Nc1nnc(-c2ccccc2)s1)c1ccc(N2CCCCC2=O)cc1. The van der Waals surface area contributed by atoms with Gasteiger partial charge in [-0.3, -0.25) is 14.9 Å². The maximum Gasteiger partial charge on any atom is 0.257 e. The third-order valence-corrected chi connectivity index (χ3v) is 5.32. The van der Waals surface area contributed by atoms with Crippen LogP contribution in [0.2, 0.25) is 0 Å². The Hall–Kier alpha value is -3.06. The van der Waals surface area contributed by atoms with Gasteiger partial charge in [-0.05, 0) is 37.1 Å². The average molecular weight is 378 g/mol. The minimum atomic E-state index is -0.248. The largest absolute Gasteiger partial charge is 0.312 e. The lowest BCUT2D eigenvalue weighted by molar-refractivity contribution is -0.119. The summed E-state index contributed by atoms with van der Waals surface area (Å²) in [5.41, 5.74) is 2.31. The molecule has 1 aromatic heterocycles. The molecule has 0 saturated carbocycles. The minimum Gasteiger partial charge on any atom is -0.312 e. The van der Waals surface area contributed by atoms with Crippen LogP contribution in [0.4, 0.5) is 10.8 Å². The van der Waals surface area contributed by atoms with Crippen LogP contribution in [0.15, 0.2) is 54.6 Å². The third-order valence-electron chi connectivity index (χ3n) is 4.43. The van der Waals surface area contributed by atoms with Gasteiger partial charge >= 0.3 is 0 Å². The lowest BCUT2D eigenvalue weighted by Crippen LogP contribution is -2.35. The second-order valence-electron chi connectivity index (χ2n) is 6.28. The summed E-state index contributed by atoms with van der Waals surface area (Å²) in [5.74, 6) is -0.108. The number of hydrogen-bond donors (Lipinski definition) is 1. The summed E-state index contributed by atoms with van der Waals surface area (Å²) in [7, 11) is 0. The number of piperidine rings is 1. The molecular weight excluding hydrogens is 360 g/mol. The van der Waals surface area contributed by atoms with E-state index in [1.807, 2.05) is 42.5 Å². The van der Waals surface area contributed by atoms with Crippen LogP contribution in [0.5, 0.6) is 0 Å². The van der Waals surface area contributed by atoms with Gasteiger partial charge in [0.05, 0.1) is 0 Å². The Labute approximate surface area is 160 Å². The fraction of sp³-hybridized carbons (Fsp3) is 0.200. The molecule has 0 spiro atoms. The molecule has 1 N–H and O–H groups in total. The Kier molecular flexibility index (Phi) is 4.93. The third kappa shape index (κ3) is 3.88. The quantitative estimate of drug-likeness (QED) is 0.745. The van der Waals surface area contributed by atoms with Crippen molar-refractivity contribution in [1.82, 2.24) is 10.2 Å². The van der Waals surface area contributed by atoms with E-state index in [-0.39, 0.29) is 11.8 Å². The molecule has 2 heterocycles. The average Bonchev–Trinajstić information content (AvgIpc) is 3.18. The Bertz CT molecular complexity index is 954. The lowest BCUT2D eigenvalue weighted by atomic mass is 10.1. The van der Waals surface area contributed by atoms with E-state index >= 15 is 0 Å². The van der Waals surface area contributed by atoms with E-state index in [1.54, 1.807) is 17.0 Å². The van der Waals surface area contributed by atoms with E-state index in [1.165, 1.54) is 11.3 Å². The fourth-order valence-electron chi connectivity index (χ4n) is 3.01. The molecule has 3 aromatic rings. The van der Waals surface area contributed by atoms with Crippen molar-refractivity contribution >= 4 is 34.0 Å². The van der Waals surface area contributed by atoms with Crippen LogP contribution in [-0.2, 0) is 4.79 Å². The molecule has 1 fully saturated rings. The molecule has 1 saturated heterocycles. The van der Waals surface area contributed by atoms with Crippen LogP contribution in [0.3, 0.4) is 0 Å². The molecule has 7 heteroatoms. The Balaban J connectivity index is 1.44. The topological polar surface area (TPSA) is 75.2 Å². The zero-order valence-electron chi connectivity index (χ0n) is 14.6. The number of carbonyl (C=O) groups is 2. The highest BCUT2D eigenvalue weighted by molar-refractivity contribution is 7.18. The molecule has 2 aromatic carbocycles. The molecule has 1 aliphatic heterocycles. The number of nitrogens with one attached hydrogen (secondary N) is 1. The monoisotopic (exact) mass is 378 g/mol. The number of benzene rings is 2. The molecular formula is C20H18N4O2S. The zero-order valence-corrected chi connectivity index (χ0v) is 15.4. The first kappa shape index (κ1) is 17.4. The summed E-state index contributed by atoms with van der Waals surface area (Å²) in [5, 5.41) is 12.2. The summed E-state index contributed by atoms with van der Waals surface area (Å²) in [6, 6.07) is 16.8. The first-order chi connectivity index (χ1) is 13.2. The molecule has 0 unspecified atom stereocenters. The van der Waals surface area contributed by atoms with E-state index in [9.17, 15) is 9.59 Å². The van der Waals surface area contributed by atoms with Crippen molar-refractivity contribution in [3.05, 3.63) is 60.2 Å². The van der Waals surface area contributed by atoms with Crippen molar-refractivity contribution in [2.45, 2.75) is 19.3 Å². The molecule has 136 valence electrons. The van der Waals surface area contributed by atoms with Crippen LogP contribution in [0.25, 0.3) is 10.6 Å². The highest BCUT2D eigenvalue weighted by atomic mass is 32.1. The fourth-order valence-corrected chi connectivity index (χ4v) is 3.76. The second-order valence-corrected chi connectivity index (χ2v) is 7.26. The van der Waals surface area contributed by atoms with Crippen LogP contribution >= 0.6 is 11.3 Å². The number of carbonyl (C=O) groups excluding carboxylic acids is 2. The summed E-state index contributed by atoms with van der Waals surface area (Å²) in [4.78, 5) is 26.2. The van der Waals surface area contributed by atoms with Gasteiger partial charge in [0.1, 0.15) is 5.01 Å². The van der Waals surface area contributed by atoms with Crippen molar-refractivity contribution in [3.63, 3.8) is 0 Å². The predicted molar refractivity (Wildman–Crippen MR) is 106 cm³/mol. The van der Waals surface area contributed by atoms with Crippen molar-refractivity contribution < 1.29 is 9.59 Å². The Morgan fingerprint density at radius 2 is 1.78 bits per heavy atom. The first-order valence-corrected chi connectivity index (χ1v) is 9.63. The normalized spacial score (nSPS) is 14.2. The van der Waals surface area contributed by atoms with E-state index in [2.05, 4.69) is 15.5 Å².